The molecular weight excluding hydrogens is 200 g/mol. The normalized spacial score (nSPS) is 32.4. The highest BCUT2D eigenvalue weighted by molar-refractivity contribution is 4.99. The van der Waals surface area contributed by atoms with Gasteiger partial charge in [-0.2, -0.15) is 0 Å². The Morgan fingerprint density at radius 2 is 2.44 bits per heavy atom. The fourth-order valence-corrected chi connectivity index (χ4v) is 3.12. The lowest BCUT2D eigenvalue weighted by Crippen LogP contribution is -2.32. The zero-order valence-electron chi connectivity index (χ0n) is 9.61. The molecule has 2 N–H and O–H groups in total. The SMILES string of the molecule is c1coc(CCNCC2CC3CCC2N3)c1. The van der Waals surface area contributed by atoms with Crippen molar-refractivity contribution in [1.29, 1.82) is 0 Å². The van der Waals surface area contributed by atoms with E-state index in [2.05, 4.69) is 10.6 Å². The molecule has 1 aromatic rings. The molecule has 2 saturated heterocycles. The van der Waals surface area contributed by atoms with Crippen molar-refractivity contribution in [3.8, 4) is 0 Å². The Balaban J connectivity index is 1.35. The number of hydrogen-bond acceptors (Lipinski definition) is 3. The summed E-state index contributed by atoms with van der Waals surface area (Å²) in [6.45, 7) is 2.19. The van der Waals surface area contributed by atoms with E-state index in [1.165, 1.54) is 19.3 Å². The van der Waals surface area contributed by atoms with Crippen LogP contribution in [0, 0.1) is 5.92 Å². The van der Waals surface area contributed by atoms with Crippen molar-refractivity contribution in [2.75, 3.05) is 13.1 Å². The van der Waals surface area contributed by atoms with Gasteiger partial charge in [0.05, 0.1) is 6.26 Å². The standard InChI is InChI=1S/C13H20N2O/c1-2-12(16-7-1)5-6-14-9-10-8-11-3-4-13(10)15-11/h1-2,7,10-11,13-15H,3-6,8-9H2. The van der Waals surface area contributed by atoms with E-state index in [4.69, 9.17) is 4.42 Å². The molecule has 1 aromatic heterocycles. The maximum atomic E-state index is 5.30. The Hall–Kier alpha value is -0.800. The summed E-state index contributed by atoms with van der Waals surface area (Å²) in [6, 6.07) is 5.61. The van der Waals surface area contributed by atoms with E-state index >= 15 is 0 Å². The fourth-order valence-electron chi connectivity index (χ4n) is 3.12. The second-order valence-electron chi connectivity index (χ2n) is 5.08. The largest absolute Gasteiger partial charge is 0.469 e. The molecule has 88 valence electrons. The van der Waals surface area contributed by atoms with E-state index in [9.17, 15) is 0 Å². The van der Waals surface area contributed by atoms with E-state index in [0.717, 1.165) is 43.3 Å². The molecule has 2 aliphatic heterocycles. The molecule has 0 spiro atoms. The van der Waals surface area contributed by atoms with Crippen LogP contribution in [0.25, 0.3) is 0 Å². The lowest BCUT2D eigenvalue weighted by molar-refractivity contribution is 0.381. The van der Waals surface area contributed by atoms with Crippen LogP contribution < -0.4 is 10.6 Å². The molecule has 3 nitrogen and oxygen atoms in total. The van der Waals surface area contributed by atoms with Gasteiger partial charge >= 0.3 is 0 Å². The van der Waals surface area contributed by atoms with Crippen LogP contribution in [-0.4, -0.2) is 25.2 Å². The molecule has 0 aromatic carbocycles. The predicted molar refractivity (Wildman–Crippen MR) is 63.3 cm³/mol. The van der Waals surface area contributed by atoms with Gasteiger partial charge in [-0.25, -0.2) is 0 Å². The molecule has 2 fully saturated rings. The van der Waals surface area contributed by atoms with E-state index in [0.29, 0.717) is 0 Å². The second kappa shape index (κ2) is 4.60. The monoisotopic (exact) mass is 220 g/mol. The molecule has 0 amide bonds. The van der Waals surface area contributed by atoms with Crippen molar-refractivity contribution in [1.82, 2.24) is 10.6 Å². The minimum Gasteiger partial charge on any atom is -0.469 e. The Labute approximate surface area is 96.6 Å². The van der Waals surface area contributed by atoms with Crippen molar-refractivity contribution in [2.45, 2.75) is 37.8 Å². The second-order valence-corrected chi connectivity index (χ2v) is 5.08. The molecule has 3 heterocycles. The van der Waals surface area contributed by atoms with Gasteiger partial charge in [0.25, 0.3) is 0 Å². The number of fused-ring (bicyclic) bond motifs is 2. The third-order valence-electron chi connectivity index (χ3n) is 3.97. The molecule has 3 rings (SSSR count). The lowest BCUT2D eigenvalue weighted by atomic mass is 9.89. The highest BCUT2D eigenvalue weighted by Gasteiger charge is 2.38. The summed E-state index contributed by atoms with van der Waals surface area (Å²) in [7, 11) is 0. The first-order valence-corrected chi connectivity index (χ1v) is 6.41. The van der Waals surface area contributed by atoms with E-state index in [1.807, 2.05) is 12.1 Å². The molecule has 2 bridgehead atoms. The summed E-state index contributed by atoms with van der Waals surface area (Å²) >= 11 is 0. The zero-order chi connectivity index (χ0) is 10.8. The van der Waals surface area contributed by atoms with Gasteiger partial charge in [0.1, 0.15) is 5.76 Å². The molecule has 3 unspecified atom stereocenters. The minimum absolute atomic E-state index is 0.793. The van der Waals surface area contributed by atoms with Gasteiger partial charge in [-0.15, -0.1) is 0 Å². The number of rotatable bonds is 5. The molecule has 0 radical (unpaired) electrons. The van der Waals surface area contributed by atoms with Gasteiger partial charge in [-0.05, 0) is 43.9 Å². The minimum atomic E-state index is 0.793. The van der Waals surface area contributed by atoms with Crippen LogP contribution in [0.4, 0.5) is 0 Å². The Morgan fingerprint density at radius 1 is 1.44 bits per heavy atom. The molecule has 16 heavy (non-hydrogen) atoms. The van der Waals surface area contributed by atoms with E-state index in [1.54, 1.807) is 6.26 Å². The number of hydrogen-bond donors (Lipinski definition) is 2. The molecular formula is C13H20N2O. The first-order valence-electron chi connectivity index (χ1n) is 6.41. The number of furan rings is 1. The molecule has 2 aliphatic rings. The van der Waals surface area contributed by atoms with Crippen molar-refractivity contribution < 1.29 is 4.42 Å². The Morgan fingerprint density at radius 3 is 3.12 bits per heavy atom. The Bertz CT molecular complexity index is 323. The summed E-state index contributed by atoms with van der Waals surface area (Å²) in [5, 5.41) is 7.22. The van der Waals surface area contributed by atoms with Gasteiger partial charge in [-0.3, -0.25) is 0 Å². The maximum absolute atomic E-state index is 5.30. The van der Waals surface area contributed by atoms with E-state index in [-0.39, 0.29) is 0 Å². The van der Waals surface area contributed by atoms with Crippen LogP contribution in [0.15, 0.2) is 22.8 Å². The molecule has 0 saturated carbocycles. The van der Waals surface area contributed by atoms with Crippen molar-refractivity contribution in [2.24, 2.45) is 5.92 Å². The quantitative estimate of drug-likeness (QED) is 0.739. The van der Waals surface area contributed by atoms with Gasteiger partial charge in [0.2, 0.25) is 0 Å². The smallest absolute Gasteiger partial charge is 0.105 e. The average Bonchev–Trinajstić information content (AvgIpc) is 3.01. The predicted octanol–water partition coefficient (Wildman–Crippen LogP) is 1.55. The van der Waals surface area contributed by atoms with Crippen LogP contribution in [0.2, 0.25) is 0 Å². The third-order valence-corrected chi connectivity index (χ3v) is 3.97. The first-order chi connectivity index (χ1) is 7.92. The van der Waals surface area contributed by atoms with Crippen LogP contribution >= 0.6 is 0 Å². The summed E-state index contributed by atoms with van der Waals surface area (Å²) < 4.78 is 5.30. The molecule has 0 aliphatic carbocycles. The zero-order valence-corrected chi connectivity index (χ0v) is 9.61. The van der Waals surface area contributed by atoms with Crippen LogP contribution in [0.5, 0.6) is 0 Å². The van der Waals surface area contributed by atoms with E-state index < -0.39 is 0 Å². The summed E-state index contributed by atoms with van der Waals surface area (Å²) in [4.78, 5) is 0. The van der Waals surface area contributed by atoms with Gasteiger partial charge in [-0.1, -0.05) is 0 Å². The van der Waals surface area contributed by atoms with Gasteiger partial charge < -0.3 is 15.1 Å². The lowest BCUT2D eigenvalue weighted by Gasteiger charge is -2.20. The molecule has 3 atom stereocenters. The van der Waals surface area contributed by atoms with Crippen LogP contribution in [0.1, 0.15) is 25.0 Å². The highest BCUT2D eigenvalue weighted by Crippen LogP contribution is 2.32. The highest BCUT2D eigenvalue weighted by atomic mass is 16.3. The van der Waals surface area contributed by atoms with Crippen LogP contribution in [0.3, 0.4) is 0 Å². The first kappa shape index (κ1) is 10.4. The topological polar surface area (TPSA) is 37.2 Å². The third kappa shape index (κ3) is 2.15. The molecule has 3 heteroatoms. The fraction of sp³-hybridized carbons (Fsp3) is 0.692. The maximum Gasteiger partial charge on any atom is 0.105 e. The summed E-state index contributed by atoms with van der Waals surface area (Å²) in [5.74, 6) is 1.94. The number of nitrogens with one attached hydrogen (secondary N) is 2. The van der Waals surface area contributed by atoms with Gasteiger partial charge in [0.15, 0.2) is 0 Å². The summed E-state index contributed by atoms with van der Waals surface area (Å²) in [6.07, 6.45) is 6.90. The van der Waals surface area contributed by atoms with Crippen molar-refractivity contribution >= 4 is 0 Å². The van der Waals surface area contributed by atoms with Crippen molar-refractivity contribution in [3.05, 3.63) is 24.2 Å². The van der Waals surface area contributed by atoms with Crippen LogP contribution in [-0.2, 0) is 6.42 Å². The van der Waals surface area contributed by atoms with Gasteiger partial charge in [0, 0.05) is 25.0 Å². The van der Waals surface area contributed by atoms with Crippen molar-refractivity contribution in [3.63, 3.8) is 0 Å². The average molecular weight is 220 g/mol. The Kier molecular flexibility index (Phi) is 2.98. The summed E-state index contributed by atoms with van der Waals surface area (Å²) in [5.41, 5.74) is 0.